The molecule has 0 spiro atoms. The molecule has 1 aromatic carbocycles. The lowest BCUT2D eigenvalue weighted by molar-refractivity contribution is 0.191. The maximum absolute atomic E-state index is 12.1. The fraction of sp³-hybridized carbons (Fsp3) is 0.667. The third-order valence-corrected chi connectivity index (χ3v) is 15.4. The van der Waals surface area contributed by atoms with Gasteiger partial charge in [-0.3, -0.25) is 4.98 Å². The Bertz CT molecular complexity index is 917. The summed E-state index contributed by atoms with van der Waals surface area (Å²) >= 11 is 0. The number of rotatable bonds is 6. The van der Waals surface area contributed by atoms with Crippen LogP contribution in [0, 0.1) is 0 Å². The molecule has 2 rings (SSSR count). The quantitative estimate of drug-likeness (QED) is 0.579. The molecule has 164 valence electrons. The van der Waals surface area contributed by atoms with E-state index in [0.717, 1.165) is 5.56 Å². The van der Waals surface area contributed by atoms with Crippen molar-refractivity contribution in [3.8, 4) is 5.75 Å². The molecular weight excluding hydrogens is 400 g/mol. The molecule has 0 aliphatic carbocycles. The molecule has 1 heterocycles. The zero-order valence-corrected chi connectivity index (χ0v) is 21.6. The van der Waals surface area contributed by atoms with Crippen LogP contribution < -0.4 is 15.9 Å². The highest BCUT2D eigenvalue weighted by Crippen LogP contribution is 2.42. The van der Waals surface area contributed by atoms with Crippen molar-refractivity contribution in [1.29, 1.82) is 0 Å². The first-order valence-corrected chi connectivity index (χ1v) is 16.0. The average molecular weight is 439 g/mol. The van der Waals surface area contributed by atoms with E-state index < -0.39 is 22.4 Å². The molecule has 0 saturated heterocycles. The minimum absolute atomic E-state index is 0.0350. The summed E-state index contributed by atoms with van der Waals surface area (Å²) in [4.78, 5) is 14.9. The van der Waals surface area contributed by atoms with Gasteiger partial charge < -0.3 is 19.0 Å². The molecule has 3 N–H and O–H groups in total. The molecule has 6 nitrogen and oxygen atoms in total. The number of hydrogen-bond donors (Lipinski definition) is 2. The number of benzene rings is 1. The van der Waals surface area contributed by atoms with Crippen LogP contribution in [0.3, 0.4) is 0 Å². The highest BCUT2D eigenvalue weighted by Gasteiger charge is 2.41. The third-order valence-electron chi connectivity index (χ3n) is 6.55. The van der Waals surface area contributed by atoms with Gasteiger partial charge in [0, 0.05) is 12.1 Å². The number of H-pyrrole nitrogens is 1. The number of oxazole rings is 1. The lowest BCUT2D eigenvalue weighted by atomic mass is 10.1. The molecule has 0 unspecified atom stereocenters. The molecule has 1 atom stereocenters. The molecule has 0 bridgehead atoms. The van der Waals surface area contributed by atoms with Gasteiger partial charge >= 0.3 is 5.76 Å². The zero-order valence-electron chi connectivity index (χ0n) is 19.6. The molecule has 1 aromatic heterocycles. The van der Waals surface area contributed by atoms with E-state index in [-0.39, 0.29) is 16.2 Å². The van der Waals surface area contributed by atoms with Gasteiger partial charge in [0.15, 0.2) is 13.9 Å². The smallest absolute Gasteiger partial charge is 0.417 e. The largest absolute Gasteiger partial charge is 0.542 e. The Hall–Kier alpha value is -1.36. The van der Waals surface area contributed by atoms with Crippen LogP contribution in [0.1, 0.15) is 53.2 Å². The van der Waals surface area contributed by atoms with Gasteiger partial charge in [0.05, 0.1) is 6.10 Å². The van der Waals surface area contributed by atoms with Crippen LogP contribution in [0.4, 0.5) is 0 Å². The summed E-state index contributed by atoms with van der Waals surface area (Å²) < 4.78 is 18.5. The standard InChI is InChI=1S/C21H38N2O4Si2/c1-20(2,3)28(7,8)26-15-12-11-14(18-17(15)23-19(24)25-18)16(13-22)27-29(9,10)21(4,5)6/h11-12,16H,13,22H2,1-10H3,(H,23,24)/t16-/m0/s1. The first-order chi connectivity index (χ1) is 13.0. The molecule has 2 aromatic rings. The van der Waals surface area contributed by atoms with Crippen molar-refractivity contribution in [1.82, 2.24) is 4.98 Å². The summed E-state index contributed by atoms with van der Waals surface area (Å²) in [5.74, 6) is 0.139. The Morgan fingerprint density at radius 2 is 1.59 bits per heavy atom. The second-order valence-corrected chi connectivity index (χ2v) is 20.3. The number of aromatic nitrogens is 1. The van der Waals surface area contributed by atoms with Gasteiger partial charge in [-0.05, 0) is 48.4 Å². The zero-order chi connectivity index (χ0) is 22.4. The number of fused-ring (bicyclic) bond motifs is 1. The first kappa shape index (κ1) is 23.9. The van der Waals surface area contributed by atoms with Crippen LogP contribution in [0.15, 0.2) is 21.3 Å². The predicted molar refractivity (Wildman–Crippen MR) is 125 cm³/mol. The van der Waals surface area contributed by atoms with Crippen LogP contribution in [0.5, 0.6) is 5.75 Å². The summed E-state index contributed by atoms with van der Waals surface area (Å²) in [6.07, 6.45) is -0.348. The van der Waals surface area contributed by atoms with Crippen LogP contribution in [-0.4, -0.2) is 28.2 Å². The molecule has 0 radical (unpaired) electrons. The minimum Gasteiger partial charge on any atom is -0.542 e. The van der Waals surface area contributed by atoms with Crippen LogP contribution in [-0.2, 0) is 4.43 Å². The molecule has 0 aliphatic rings. The van der Waals surface area contributed by atoms with Gasteiger partial charge in [-0.2, -0.15) is 0 Å². The van der Waals surface area contributed by atoms with E-state index in [0.29, 0.717) is 23.4 Å². The van der Waals surface area contributed by atoms with E-state index >= 15 is 0 Å². The van der Waals surface area contributed by atoms with Gasteiger partial charge in [0.1, 0.15) is 11.3 Å². The second-order valence-electron chi connectivity index (χ2n) is 10.8. The van der Waals surface area contributed by atoms with Gasteiger partial charge in [-0.15, -0.1) is 0 Å². The highest BCUT2D eigenvalue weighted by atomic mass is 28.4. The van der Waals surface area contributed by atoms with Crippen molar-refractivity contribution in [3.05, 3.63) is 28.2 Å². The molecular formula is C21H38N2O4Si2. The molecule has 0 aliphatic heterocycles. The Morgan fingerprint density at radius 1 is 1.03 bits per heavy atom. The van der Waals surface area contributed by atoms with E-state index in [9.17, 15) is 4.79 Å². The van der Waals surface area contributed by atoms with Gasteiger partial charge in [0.2, 0.25) is 0 Å². The lowest BCUT2D eigenvalue weighted by Gasteiger charge is -2.39. The summed E-state index contributed by atoms with van der Waals surface area (Å²) in [5, 5.41) is 0.0805. The summed E-state index contributed by atoms with van der Waals surface area (Å²) in [7, 11) is -4.15. The third kappa shape index (κ3) is 4.87. The minimum atomic E-state index is -2.08. The Morgan fingerprint density at radius 3 is 2.07 bits per heavy atom. The van der Waals surface area contributed by atoms with Gasteiger partial charge in [-0.1, -0.05) is 41.5 Å². The van der Waals surface area contributed by atoms with Gasteiger partial charge in [0.25, 0.3) is 8.32 Å². The predicted octanol–water partition coefficient (Wildman–Crippen LogP) is 5.53. The average Bonchev–Trinajstić information content (AvgIpc) is 2.92. The lowest BCUT2D eigenvalue weighted by Crippen LogP contribution is -2.44. The van der Waals surface area contributed by atoms with Crippen molar-refractivity contribution < 1.29 is 13.3 Å². The van der Waals surface area contributed by atoms with Crippen molar-refractivity contribution in [3.63, 3.8) is 0 Å². The van der Waals surface area contributed by atoms with E-state index in [1.807, 2.05) is 12.1 Å². The topological polar surface area (TPSA) is 90.5 Å². The van der Waals surface area contributed by atoms with Gasteiger partial charge in [-0.25, -0.2) is 4.79 Å². The maximum atomic E-state index is 12.1. The van der Waals surface area contributed by atoms with Crippen molar-refractivity contribution in [2.75, 3.05) is 6.54 Å². The van der Waals surface area contributed by atoms with Crippen molar-refractivity contribution in [2.24, 2.45) is 5.73 Å². The van der Waals surface area contributed by atoms with E-state index in [1.54, 1.807) is 0 Å². The second kappa shape index (κ2) is 7.72. The van der Waals surface area contributed by atoms with Crippen LogP contribution in [0.25, 0.3) is 11.1 Å². The molecule has 0 amide bonds. The van der Waals surface area contributed by atoms with E-state index in [2.05, 4.69) is 72.7 Å². The SMILES string of the molecule is CC(C)(C)[Si](C)(C)Oc1ccc([C@H](CN)O[Si](C)(C)C(C)(C)C)c2oc(=O)[nH]c12. The van der Waals surface area contributed by atoms with Crippen LogP contribution in [0.2, 0.25) is 36.3 Å². The first-order valence-electron chi connectivity index (χ1n) is 10.2. The van der Waals surface area contributed by atoms with E-state index in [4.69, 9.17) is 19.0 Å². The van der Waals surface area contributed by atoms with E-state index in [1.165, 1.54) is 0 Å². The fourth-order valence-electron chi connectivity index (χ4n) is 2.57. The number of hydrogen-bond acceptors (Lipinski definition) is 5. The Kier molecular flexibility index (Phi) is 6.37. The summed E-state index contributed by atoms with van der Waals surface area (Å²) in [6, 6.07) is 3.83. The number of aromatic amines is 1. The summed E-state index contributed by atoms with van der Waals surface area (Å²) in [5.41, 5.74) is 7.93. The Labute approximate surface area is 176 Å². The molecule has 0 fully saturated rings. The molecule has 0 saturated carbocycles. The normalized spacial score (nSPS) is 15.0. The monoisotopic (exact) mass is 438 g/mol. The number of nitrogens with one attached hydrogen (secondary N) is 1. The van der Waals surface area contributed by atoms with Crippen molar-refractivity contribution in [2.45, 2.75) is 83.9 Å². The van der Waals surface area contributed by atoms with Crippen LogP contribution >= 0.6 is 0 Å². The van der Waals surface area contributed by atoms with Crippen molar-refractivity contribution >= 4 is 27.7 Å². The number of nitrogens with two attached hydrogens (primary N) is 1. The maximum Gasteiger partial charge on any atom is 0.417 e. The molecule has 8 heteroatoms. The summed E-state index contributed by atoms with van der Waals surface area (Å²) in [6.45, 7) is 22.1. The highest BCUT2D eigenvalue weighted by molar-refractivity contribution is 6.75. The fourth-order valence-corrected chi connectivity index (χ4v) is 4.88. The molecule has 29 heavy (non-hydrogen) atoms. The Balaban J connectivity index is 2.54.